The predicted molar refractivity (Wildman–Crippen MR) is 88.7 cm³/mol. The Balaban J connectivity index is 1.70. The van der Waals surface area contributed by atoms with Crippen LogP contribution in [0.4, 0.5) is 0 Å². The molecule has 0 radical (unpaired) electrons. The summed E-state index contributed by atoms with van der Waals surface area (Å²) in [6, 6.07) is 8.23. The summed E-state index contributed by atoms with van der Waals surface area (Å²) < 4.78 is 31.8. The maximum atomic E-state index is 11.6. The Bertz CT molecular complexity index is 566. The molecule has 0 aromatic heterocycles. The summed E-state index contributed by atoms with van der Waals surface area (Å²) in [6.07, 6.45) is 0.831. The smallest absolute Gasteiger partial charge is 0.211 e. The van der Waals surface area contributed by atoms with Gasteiger partial charge in [-0.2, -0.15) is 0 Å². The van der Waals surface area contributed by atoms with Gasteiger partial charge in [-0.25, -0.2) is 13.1 Å². The molecule has 0 amide bonds. The Hall–Kier alpha value is -1.11. The van der Waals surface area contributed by atoms with E-state index in [1.807, 2.05) is 38.1 Å². The van der Waals surface area contributed by atoms with Crippen LogP contribution in [-0.2, 0) is 10.0 Å². The van der Waals surface area contributed by atoms with Crippen LogP contribution in [0.15, 0.2) is 24.3 Å². The van der Waals surface area contributed by atoms with E-state index in [1.54, 1.807) is 0 Å². The summed E-state index contributed by atoms with van der Waals surface area (Å²) in [4.78, 5) is 2.23. The van der Waals surface area contributed by atoms with Crippen molar-refractivity contribution in [3.05, 3.63) is 29.8 Å². The standard InChI is InChI=1S/C16H26N2O3S/c1-4-9-22(19,20)17-10-14(3)18-11-16(12-18)21-15-7-5-13(2)6-8-15/h5-8,14,16-17H,4,9-12H2,1-3H3/t14-/m0/s1. The maximum Gasteiger partial charge on any atom is 0.211 e. The fourth-order valence-corrected chi connectivity index (χ4v) is 3.61. The average molecular weight is 326 g/mol. The van der Waals surface area contributed by atoms with Crippen LogP contribution in [0.1, 0.15) is 25.8 Å². The second-order valence-corrected chi connectivity index (χ2v) is 7.95. The second-order valence-electron chi connectivity index (χ2n) is 6.02. The number of nitrogens with one attached hydrogen (secondary N) is 1. The lowest BCUT2D eigenvalue weighted by molar-refractivity contribution is -0.00298. The maximum absolute atomic E-state index is 11.6. The van der Waals surface area contributed by atoms with Crippen LogP contribution < -0.4 is 9.46 Å². The quantitative estimate of drug-likeness (QED) is 0.791. The molecule has 1 atom stereocenters. The third-order valence-corrected chi connectivity index (χ3v) is 5.45. The third-order valence-electron chi connectivity index (χ3n) is 3.89. The van der Waals surface area contributed by atoms with Gasteiger partial charge in [0.2, 0.25) is 10.0 Å². The zero-order valence-corrected chi connectivity index (χ0v) is 14.4. The summed E-state index contributed by atoms with van der Waals surface area (Å²) in [5.74, 6) is 1.09. The fourth-order valence-electron chi connectivity index (χ4n) is 2.43. The highest BCUT2D eigenvalue weighted by Crippen LogP contribution is 2.20. The number of rotatable bonds is 8. The lowest BCUT2D eigenvalue weighted by Gasteiger charge is -2.42. The van der Waals surface area contributed by atoms with Crippen LogP contribution in [0.2, 0.25) is 0 Å². The van der Waals surface area contributed by atoms with Gasteiger partial charge in [-0.05, 0) is 32.4 Å². The molecule has 22 heavy (non-hydrogen) atoms. The molecule has 0 saturated carbocycles. The van der Waals surface area contributed by atoms with E-state index in [9.17, 15) is 8.42 Å². The summed E-state index contributed by atoms with van der Waals surface area (Å²) >= 11 is 0. The Kier molecular flexibility index (Phi) is 5.83. The Morgan fingerprint density at radius 3 is 2.55 bits per heavy atom. The van der Waals surface area contributed by atoms with Crippen LogP contribution in [0.25, 0.3) is 0 Å². The van der Waals surface area contributed by atoms with Crippen LogP contribution >= 0.6 is 0 Å². The molecule has 5 nitrogen and oxygen atoms in total. The number of hydrogen-bond donors (Lipinski definition) is 1. The van der Waals surface area contributed by atoms with E-state index >= 15 is 0 Å². The van der Waals surface area contributed by atoms with Crippen molar-refractivity contribution in [1.29, 1.82) is 0 Å². The first-order valence-corrected chi connectivity index (χ1v) is 9.49. The summed E-state index contributed by atoms with van der Waals surface area (Å²) in [5, 5.41) is 0. The SMILES string of the molecule is CCCS(=O)(=O)NC[C@H](C)N1CC(Oc2ccc(C)cc2)C1. The monoisotopic (exact) mass is 326 g/mol. The molecular formula is C16H26N2O3S. The lowest BCUT2D eigenvalue weighted by Crippen LogP contribution is -2.59. The zero-order chi connectivity index (χ0) is 16.2. The lowest BCUT2D eigenvalue weighted by atomic mass is 10.1. The third kappa shape index (κ3) is 4.97. The number of likely N-dealkylation sites (tertiary alicyclic amines) is 1. The van der Waals surface area contributed by atoms with Crippen molar-refractivity contribution >= 4 is 10.0 Å². The number of aryl methyl sites for hydroxylation is 1. The van der Waals surface area contributed by atoms with Crippen molar-refractivity contribution in [3.63, 3.8) is 0 Å². The van der Waals surface area contributed by atoms with E-state index in [2.05, 4.69) is 16.5 Å². The van der Waals surface area contributed by atoms with Gasteiger partial charge >= 0.3 is 0 Å². The first-order valence-electron chi connectivity index (χ1n) is 7.84. The van der Waals surface area contributed by atoms with E-state index in [0.29, 0.717) is 13.0 Å². The number of hydrogen-bond acceptors (Lipinski definition) is 4. The molecule has 0 aliphatic carbocycles. The van der Waals surface area contributed by atoms with Gasteiger partial charge < -0.3 is 4.74 Å². The van der Waals surface area contributed by atoms with E-state index in [4.69, 9.17) is 4.74 Å². The molecule has 1 fully saturated rings. The average Bonchev–Trinajstić information content (AvgIpc) is 2.42. The minimum absolute atomic E-state index is 0.185. The molecule has 1 aliphatic rings. The van der Waals surface area contributed by atoms with Crippen molar-refractivity contribution in [1.82, 2.24) is 9.62 Å². The summed E-state index contributed by atoms with van der Waals surface area (Å²) in [6.45, 7) is 8.09. The van der Waals surface area contributed by atoms with Crippen molar-refractivity contribution < 1.29 is 13.2 Å². The number of sulfonamides is 1. The van der Waals surface area contributed by atoms with Gasteiger partial charge in [-0.15, -0.1) is 0 Å². The highest BCUT2D eigenvalue weighted by molar-refractivity contribution is 7.89. The highest BCUT2D eigenvalue weighted by Gasteiger charge is 2.32. The zero-order valence-electron chi connectivity index (χ0n) is 13.6. The predicted octanol–water partition coefficient (Wildman–Crippen LogP) is 1.78. The minimum Gasteiger partial charge on any atom is -0.488 e. The van der Waals surface area contributed by atoms with Gasteiger partial charge in [0, 0.05) is 25.7 Å². The van der Waals surface area contributed by atoms with Crippen LogP contribution in [0.5, 0.6) is 5.75 Å². The van der Waals surface area contributed by atoms with E-state index in [0.717, 1.165) is 18.8 Å². The van der Waals surface area contributed by atoms with Crippen LogP contribution in [0, 0.1) is 6.92 Å². The van der Waals surface area contributed by atoms with E-state index < -0.39 is 10.0 Å². The van der Waals surface area contributed by atoms with Crippen molar-refractivity contribution in [3.8, 4) is 5.75 Å². The Morgan fingerprint density at radius 1 is 1.32 bits per heavy atom. The molecule has 6 heteroatoms. The molecule has 2 rings (SSSR count). The van der Waals surface area contributed by atoms with Crippen molar-refractivity contribution in [2.75, 3.05) is 25.4 Å². The second kappa shape index (κ2) is 7.44. The number of ether oxygens (including phenoxy) is 1. The van der Waals surface area contributed by atoms with Gasteiger partial charge in [0.05, 0.1) is 5.75 Å². The molecule has 0 spiro atoms. The van der Waals surface area contributed by atoms with Crippen molar-refractivity contribution in [2.45, 2.75) is 39.3 Å². The minimum atomic E-state index is -3.12. The van der Waals surface area contributed by atoms with Gasteiger partial charge in [0.25, 0.3) is 0 Å². The Labute approximate surface area is 133 Å². The number of benzene rings is 1. The van der Waals surface area contributed by atoms with Gasteiger partial charge in [0.15, 0.2) is 0 Å². The van der Waals surface area contributed by atoms with E-state index in [1.165, 1.54) is 5.56 Å². The molecule has 1 heterocycles. The summed E-state index contributed by atoms with van der Waals surface area (Å²) in [5.41, 5.74) is 1.22. The molecular weight excluding hydrogens is 300 g/mol. The molecule has 0 bridgehead atoms. The topological polar surface area (TPSA) is 58.6 Å². The first kappa shape index (κ1) is 17.2. The van der Waals surface area contributed by atoms with Gasteiger partial charge in [0.1, 0.15) is 11.9 Å². The van der Waals surface area contributed by atoms with Crippen molar-refractivity contribution in [2.24, 2.45) is 0 Å². The normalized spacial score (nSPS) is 18.0. The van der Waals surface area contributed by atoms with Crippen LogP contribution in [-0.4, -0.2) is 50.9 Å². The largest absolute Gasteiger partial charge is 0.488 e. The molecule has 1 aromatic rings. The number of nitrogens with zero attached hydrogens (tertiary/aromatic N) is 1. The van der Waals surface area contributed by atoms with Gasteiger partial charge in [-0.3, -0.25) is 4.90 Å². The molecule has 124 valence electrons. The molecule has 1 aliphatic heterocycles. The van der Waals surface area contributed by atoms with Gasteiger partial charge in [-0.1, -0.05) is 24.6 Å². The van der Waals surface area contributed by atoms with Crippen LogP contribution in [0.3, 0.4) is 0 Å². The fraction of sp³-hybridized carbons (Fsp3) is 0.625. The summed E-state index contributed by atoms with van der Waals surface area (Å²) in [7, 11) is -3.12. The molecule has 0 unspecified atom stereocenters. The molecule has 1 aromatic carbocycles. The molecule has 1 saturated heterocycles. The highest BCUT2D eigenvalue weighted by atomic mass is 32.2. The Morgan fingerprint density at radius 2 is 1.95 bits per heavy atom. The van der Waals surface area contributed by atoms with E-state index in [-0.39, 0.29) is 17.9 Å². The first-order chi connectivity index (χ1) is 10.4. The molecule has 1 N–H and O–H groups in total.